The summed E-state index contributed by atoms with van der Waals surface area (Å²) in [4.78, 5) is 10.5. The van der Waals surface area contributed by atoms with E-state index >= 15 is 0 Å². The van der Waals surface area contributed by atoms with Crippen LogP contribution >= 0.6 is 18.7 Å². The Hall–Kier alpha value is -2.55. The van der Waals surface area contributed by atoms with Gasteiger partial charge in [-0.2, -0.15) is 4.99 Å². The Morgan fingerprint density at radius 1 is 1.21 bits per heavy atom. The van der Waals surface area contributed by atoms with Crippen LogP contribution in [0.15, 0.2) is 57.1 Å². The molecular formula is C21H27ClN5O4PS. The van der Waals surface area contributed by atoms with E-state index in [1.807, 2.05) is 0 Å². The third-order valence-electron chi connectivity index (χ3n) is 4.98. The number of aromatic nitrogens is 1. The second-order valence-electron chi connectivity index (χ2n) is 8.08. The lowest BCUT2D eigenvalue weighted by Gasteiger charge is -2.31. The van der Waals surface area contributed by atoms with Crippen LogP contribution in [0.5, 0.6) is 5.88 Å². The summed E-state index contributed by atoms with van der Waals surface area (Å²) in [6.07, 6.45) is 0. The molecule has 178 valence electrons. The van der Waals surface area contributed by atoms with E-state index in [0.29, 0.717) is 16.8 Å². The Labute approximate surface area is 199 Å². The van der Waals surface area contributed by atoms with E-state index in [1.165, 1.54) is 7.11 Å². The van der Waals surface area contributed by atoms with Crippen molar-refractivity contribution in [3.05, 3.63) is 47.3 Å². The van der Waals surface area contributed by atoms with Crippen LogP contribution in [0, 0.1) is 0 Å². The number of para-hydroxylation sites is 1. The molecule has 2 heterocycles. The third-order valence-corrected chi connectivity index (χ3v) is 8.84. The van der Waals surface area contributed by atoms with E-state index in [-0.39, 0.29) is 34.1 Å². The molecule has 0 atom stereocenters. The smallest absolute Gasteiger partial charge is 0.238 e. The molecule has 0 saturated carbocycles. The highest BCUT2D eigenvalue weighted by molar-refractivity contribution is 7.92. The molecule has 1 aromatic heterocycles. The maximum Gasteiger partial charge on any atom is 0.238 e. The molecule has 1 aliphatic heterocycles. The summed E-state index contributed by atoms with van der Waals surface area (Å²) >= 11 is 6.30. The molecule has 1 aliphatic rings. The lowest BCUT2D eigenvalue weighted by molar-refractivity contribution is 0.401. The van der Waals surface area contributed by atoms with Gasteiger partial charge in [-0.1, -0.05) is 23.7 Å². The molecule has 0 bridgehead atoms. The van der Waals surface area contributed by atoms with Crippen molar-refractivity contribution in [3.63, 3.8) is 0 Å². The Bertz CT molecular complexity index is 1290. The summed E-state index contributed by atoms with van der Waals surface area (Å²) in [6, 6.07) is 9.95. The minimum atomic E-state index is -3.60. The number of guanidine groups is 1. The van der Waals surface area contributed by atoms with Crippen LogP contribution in [-0.2, 0) is 14.4 Å². The van der Waals surface area contributed by atoms with Gasteiger partial charge in [0.15, 0.2) is 9.84 Å². The molecule has 3 N–H and O–H groups in total. The highest BCUT2D eigenvalue weighted by Gasteiger charge is 2.30. The second-order valence-corrected chi connectivity index (χ2v) is 14.2. The number of nitrogens with two attached hydrogens (primary N) is 1. The number of sulfone groups is 1. The quantitative estimate of drug-likeness (QED) is 0.566. The van der Waals surface area contributed by atoms with Crippen LogP contribution in [-0.4, -0.2) is 51.6 Å². The van der Waals surface area contributed by atoms with Gasteiger partial charge in [0.1, 0.15) is 24.1 Å². The Kier molecular flexibility index (Phi) is 7.12. The predicted molar refractivity (Wildman–Crippen MR) is 134 cm³/mol. The Morgan fingerprint density at radius 2 is 1.88 bits per heavy atom. The monoisotopic (exact) mass is 511 g/mol. The summed E-state index contributed by atoms with van der Waals surface area (Å²) in [7, 11) is -4.76. The van der Waals surface area contributed by atoms with Gasteiger partial charge < -0.3 is 25.3 Å². The van der Waals surface area contributed by atoms with Crippen molar-refractivity contribution in [1.82, 2.24) is 4.98 Å². The average molecular weight is 512 g/mol. The fourth-order valence-corrected chi connectivity index (χ4v) is 5.27. The van der Waals surface area contributed by atoms with Gasteiger partial charge in [0.25, 0.3) is 0 Å². The van der Waals surface area contributed by atoms with Crippen molar-refractivity contribution in [2.24, 2.45) is 10.7 Å². The fraction of sp³-hybridized carbons (Fsp3) is 0.333. The number of hydrogen-bond donors (Lipinski definition) is 2. The van der Waals surface area contributed by atoms with E-state index < -0.39 is 22.2 Å². The highest BCUT2D eigenvalue weighted by atomic mass is 35.5. The van der Waals surface area contributed by atoms with Crippen molar-refractivity contribution in [1.29, 1.82) is 0 Å². The summed E-state index contributed by atoms with van der Waals surface area (Å²) < 4.78 is 43.9. The molecule has 0 amide bonds. The van der Waals surface area contributed by atoms with Crippen LogP contribution in [0.2, 0.25) is 0 Å². The number of methoxy groups -OCH3 is 1. The van der Waals surface area contributed by atoms with Gasteiger partial charge in [0, 0.05) is 0 Å². The highest BCUT2D eigenvalue weighted by Crippen LogP contribution is 2.36. The zero-order valence-electron chi connectivity index (χ0n) is 19.0. The molecule has 9 nitrogen and oxygen atoms in total. The molecule has 0 aliphatic carbocycles. The van der Waals surface area contributed by atoms with Crippen LogP contribution in [0.3, 0.4) is 0 Å². The molecule has 12 heteroatoms. The topological polar surface area (TPSA) is 127 Å². The molecule has 0 spiro atoms. The number of hydrogen-bond acceptors (Lipinski definition) is 9. The van der Waals surface area contributed by atoms with Crippen molar-refractivity contribution in [2.45, 2.75) is 24.0 Å². The minimum absolute atomic E-state index is 0.106. The SMILES string of the molecule is COc1nc(P(C)(C)=O)ccc1NC1=NC(N)=C(Cl)CN1c1ccccc1S(=O)(=O)C(C)C. The van der Waals surface area contributed by atoms with Gasteiger partial charge in [-0.05, 0) is 51.4 Å². The van der Waals surface area contributed by atoms with E-state index in [2.05, 4.69) is 15.3 Å². The Morgan fingerprint density at radius 3 is 2.48 bits per heavy atom. The summed E-state index contributed by atoms with van der Waals surface area (Å²) in [5.74, 6) is 0.559. The number of halogens is 1. The Balaban J connectivity index is 2.11. The third kappa shape index (κ3) is 5.18. The van der Waals surface area contributed by atoms with E-state index in [0.717, 1.165) is 0 Å². The molecule has 0 unspecified atom stereocenters. The van der Waals surface area contributed by atoms with Gasteiger partial charge in [-0.15, -0.1) is 0 Å². The molecule has 33 heavy (non-hydrogen) atoms. The van der Waals surface area contributed by atoms with E-state index in [4.69, 9.17) is 22.1 Å². The number of benzene rings is 1. The van der Waals surface area contributed by atoms with Gasteiger partial charge in [0.05, 0.1) is 34.5 Å². The van der Waals surface area contributed by atoms with Crippen LogP contribution in [0.1, 0.15) is 13.8 Å². The molecule has 0 radical (unpaired) electrons. The zero-order valence-corrected chi connectivity index (χ0v) is 21.5. The number of pyridine rings is 1. The molecule has 0 saturated heterocycles. The van der Waals surface area contributed by atoms with Gasteiger partial charge in [-0.25, -0.2) is 13.4 Å². The first-order valence-electron chi connectivity index (χ1n) is 10.1. The number of rotatable bonds is 6. The first-order valence-corrected chi connectivity index (χ1v) is 14.6. The molecule has 0 fully saturated rings. The average Bonchev–Trinajstić information content (AvgIpc) is 2.75. The first kappa shape index (κ1) is 25.1. The van der Waals surface area contributed by atoms with Gasteiger partial charge in [-0.3, -0.25) is 0 Å². The molecule has 2 aromatic rings. The number of nitrogens with zero attached hydrogens (tertiary/aromatic N) is 3. The van der Waals surface area contributed by atoms with Crippen molar-refractivity contribution < 1.29 is 17.7 Å². The predicted octanol–water partition coefficient (Wildman–Crippen LogP) is 3.18. The summed E-state index contributed by atoms with van der Waals surface area (Å²) in [6.45, 7) is 6.59. The number of ether oxygens (including phenoxy) is 1. The lowest BCUT2D eigenvalue weighted by atomic mass is 10.2. The number of aliphatic imine (C=N–C) groups is 1. The first-order chi connectivity index (χ1) is 15.4. The van der Waals surface area contributed by atoms with E-state index in [9.17, 15) is 13.0 Å². The second kappa shape index (κ2) is 9.37. The van der Waals surface area contributed by atoms with Crippen molar-refractivity contribution in [3.8, 4) is 5.88 Å². The van der Waals surface area contributed by atoms with Gasteiger partial charge >= 0.3 is 0 Å². The minimum Gasteiger partial charge on any atom is -0.479 e. The maximum atomic E-state index is 13.0. The van der Waals surface area contributed by atoms with Crippen molar-refractivity contribution in [2.75, 3.05) is 37.2 Å². The summed E-state index contributed by atoms with van der Waals surface area (Å²) in [5.41, 5.74) is 7.24. The fourth-order valence-electron chi connectivity index (χ4n) is 3.10. The van der Waals surface area contributed by atoms with Gasteiger partial charge in [0.2, 0.25) is 11.8 Å². The maximum absolute atomic E-state index is 13.0. The summed E-state index contributed by atoms with van der Waals surface area (Å²) in [5, 5.41) is 2.77. The van der Waals surface area contributed by atoms with Crippen LogP contribution < -0.4 is 26.1 Å². The van der Waals surface area contributed by atoms with Crippen LogP contribution in [0.4, 0.5) is 11.4 Å². The number of nitrogens with one attached hydrogen (secondary N) is 1. The van der Waals surface area contributed by atoms with Crippen LogP contribution in [0.25, 0.3) is 0 Å². The largest absolute Gasteiger partial charge is 0.479 e. The molecule has 3 rings (SSSR count). The normalized spacial score (nSPS) is 15.0. The standard InChI is InChI=1S/C21H27ClN5O4PS/c1-13(2)33(29,30)17-9-7-6-8-16(17)27-12-14(22)19(23)26-21(27)24-15-10-11-18(32(4,5)28)25-20(15)31-3/h6-11,13H,12,23H2,1-5H3,(H,24,26). The zero-order chi connectivity index (χ0) is 24.6. The molecule has 1 aromatic carbocycles. The van der Waals surface area contributed by atoms with E-state index in [1.54, 1.807) is 68.5 Å². The number of anilines is 2. The van der Waals surface area contributed by atoms with Crippen molar-refractivity contribution >= 4 is 51.3 Å². The lowest BCUT2D eigenvalue weighted by Crippen LogP contribution is -2.42. The molecular weight excluding hydrogens is 485 g/mol.